The van der Waals surface area contributed by atoms with Crippen LogP contribution < -0.4 is 9.47 Å². The van der Waals surface area contributed by atoms with E-state index in [0.29, 0.717) is 13.2 Å². The lowest BCUT2D eigenvalue weighted by atomic mass is 10.3. The van der Waals surface area contributed by atoms with Gasteiger partial charge in [-0.25, -0.2) is 0 Å². The van der Waals surface area contributed by atoms with E-state index in [-0.39, 0.29) is 0 Å². The Morgan fingerprint density at radius 2 is 2.05 bits per heavy atom. The molecule has 0 bridgehead atoms. The lowest BCUT2D eigenvalue weighted by Crippen LogP contribution is -2.15. The van der Waals surface area contributed by atoms with E-state index in [1.54, 1.807) is 11.8 Å². The molecular weight excluding hydrogens is 352 g/mol. The molecule has 0 amide bonds. The summed E-state index contributed by atoms with van der Waals surface area (Å²) in [5.74, 6) is 2.54. The number of benzene rings is 1. The molecule has 2 heterocycles. The van der Waals surface area contributed by atoms with Crippen molar-refractivity contribution in [1.82, 2.24) is 9.78 Å². The highest BCUT2D eigenvalue weighted by Gasteiger charge is 2.14. The molecule has 6 heteroatoms. The first-order valence-electron chi connectivity index (χ1n) is 6.93. The Morgan fingerprint density at radius 1 is 1.29 bits per heavy atom. The molecular formula is C15H17BrN2O2S. The van der Waals surface area contributed by atoms with Crippen molar-refractivity contribution in [2.45, 2.75) is 31.0 Å². The number of fused-ring (bicyclic) bond motifs is 1. The van der Waals surface area contributed by atoms with Gasteiger partial charge in [-0.15, -0.1) is 11.8 Å². The first-order chi connectivity index (χ1) is 10.2. The average molecular weight is 369 g/mol. The number of aryl methyl sites for hydroxylation is 2. The molecule has 0 radical (unpaired) electrons. The number of aromatic nitrogens is 2. The minimum atomic E-state index is 0.620. The largest absolute Gasteiger partial charge is 0.486 e. The van der Waals surface area contributed by atoms with Gasteiger partial charge in [0, 0.05) is 17.2 Å². The summed E-state index contributed by atoms with van der Waals surface area (Å²) in [6.45, 7) is 6.25. The number of hydrogen-bond acceptors (Lipinski definition) is 4. The van der Waals surface area contributed by atoms with Gasteiger partial charge in [0.1, 0.15) is 13.2 Å². The number of rotatable bonds is 4. The summed E-state index contributed by atoms with van der Waals surface area (Å²) in [6, 6.07) is 6.10. The second-order valence-electron chi connectivity index (χ2n) is 4.76. The minimum Gasteiger partial charge on any atom is -0.486 e. The number of thioether (sulfide) groups is 1. The molecule has 1 aliphatic heterocycles. The zero-order valence-electron chi connectivity index (χ0n) is 12.1. The molecule has 0 fully saturated rings. The summed E-state index contributed by atoms with van der Waals surface area (Å²) >= 11 is 5.41. The van der Waals surface area contributed by atoms with Gasteiger partial charge in [0.25, 0.3) is 0 Å². The Morgan fingerprint density at radius 3 is 2.81 bits per heavy atom. The van der Waals surface area contributed by atoms with Crippen molar-refractivity contribution in [2.24, 2.45) is 0 Å². The summed E-state index contributed by atoms with van der Waals surface area (Å²) in [4.78, 5) is 1.17. The molecule has 3 rings (SSSR count). The predicted molar refractivity (Wildman–Crippen MR) is 87.3 cm³/mol. The smallest absolute Gasteiger partial charge is 0.162 e. The number of nitrogens with zero attached hydrogens (tertiary/aromatic N) is 2. The van der Waals surface area contributed by atoms with E-state index in [1.165, 1.54) is 10.6 Å². The lowest BCUT2D eigenvalue weighted by Gasteiger charge is -2.18. The summed E-state index contributed by atoms with van der Waals surface area (Å²) in [5.41, 5.74) is 2.25. The van der Waals surface area contributed by atoms with Gasteiger partial charge in [0.15, 0.2) is 11.5 Å². The zero-order chi connectivity index (χ0) is 14.8. The van der Waals surface area contributed by atoms with Crippen LogP contribution in [0.25, 0.3) is 0 Å². The Labute approximate surface area is 136 Å². The Bertz CT molecular complexity index is 657. The van der Waals surface area contributed by atoms with E-state index in [0.717, 1.165) is 34.0 Å². The van der Waals surface area contributed by atoms with E-state index in [9.17, 15) is 0 Å². The highest BCUT2D eigenvalue weighted by molar-refractivity contribution is 9.10. The van der Waals surface area contributed by atoms with Crippen LogP contribution >= 0.6 is 27.7 Å². The topological polar surface area (TPSA) is 36.3 Å². The highest BCUT2D eigenvalue weighted by Crippen LogP contribution is 2.36. The molecule has 0 unspecified atom stereocenters. The Kier molecular flexibility index (Phi) is 4.45. The van der Waals surface area contributed by atoms with Gasteiger partial charge in [0.05, 0.1) is 15.9 Å². The normalized spacial score (nSPS) is 13.5. The van der Waals surface area contributed by atoms with Crippen LogP contribution in [0.2, 0.25) is 0 Å². The zero-order valence-corrected chi connectivity index (χ0v) is 14.5. The van der Waals surface area contributed by atoms with Crippen LogP contribution in [-0.4, -0.2) is 23.0 Å². The highest BCUT2D eigenvalue weighted by atomic mass is 79.9. The second-order valence-corrected chi connectivity index (χ2v) is 6.60. The molecule has 1 aromatic carbocycles. The van der Waals surface area contributed by atoms with E-state index < -0.39 is 0 Å². The summed E-state index contributed by atoms with van der Waals surface area (Å²) < 4.78 is 14.3. The van der Waals surface area contributed by atoms with Crippen molar-refractivity contribution in [3.8, 4) is 11.5 Å². The van der Waals surface area contributed by atoms with Crippen LogP contribution in [0.3, 0.4) is 0 Å². The molecule has 1 aliphatic rings. The molecule has 21 heavy (non-hydrogen) atoms. The van der Waals surface area contributed by atoms with Crippen molar-refractivity contribution < 1.29 is 9.47 Å². The van der Waals surface area contributed by atoms with Crippen molar-refractivity contribution in [3.05, 3.63) is 34.1 Å². The number of halogens is 1. The third-order valence-corrected chi connectivity index (χ3v) is 5.38. The second kappa shape index (κ2) is 6.32. The molecule has 2 aromatic rings. The van der Waals surface area contributed by atoms with E-state index in [2.05, 4.69) is 34.0 Å². The van der Waals surface area contributed by atoms with Gasteiger partial charge in [-0.1, -0.05) is 0 Å². The van der Waals surface area contributed by atoms with Gasteiger partial charge in [-0.05, 0) is 48.0 Å². The van der Waals surface area contributed by atoms with Gasteiger partial charge >= 0.3 is 0 Å². The van der Waals surface area contributed by atoms with Crippen LogP contribution in [0.15, 0.2) is 27.6 Å². The average Bonchev–Trinajstić information content (AvgIpc) is 2.79. The van der Waals surface area contributed by atoms with Crippen LogP contribution in [-0.2, 0) is 12.3 Å². The predicted octanol–water partition coefficient (Wildman–Crippen LogP) is 4.04. The maximum absolute atomic E-state index is 5.62. The van der Waals surface area contributed by atoms with Crippen molar-refractivity contribution in [1.29, 1.82) is 0 Å². The van der Waals surface area contributed by atoms with Gasteiger partial charge in [-0.2, -0.15) is 5.10 Å². The number of hydrogen-bond donors (Lipinski definition) is 0. The molecule has 0 atom stereocenters. The third-order valence-electron chi connectivity index (χ3n) is 3.34. The fourth-order valence-electron chi connectivity index (χ4n) is 2.27. The monoisotopic (exact) mass is 368 g/mol. The van der Waals surface area contributed by atoms with Crippen LogP contribution in [0.4, 0.5) is 0 Å². The summed E-state index contributed by atoms with van der Waals surface area (Å²) in [6.07, 6.45) is 0. The van der Waals surface area contributed by atoms with E-state index in [4.69, 9.17) is 9.47 Å². The Balaban J connectivity index is 1.76. The van der Waals surface area contributed by atoms with Crippen LogP contribution in [0.5, 0.6) is 11.5 Å². The molecule has 0 spiro atoms. The molecule has 4 nitrogen and oxygen atoms in total. The summed E-state index contributed by atoms with van der Waals surface area (Å²) in [5, 5.41) is 4.52. The number of ether oxygens (including phenoxy) is 2. The first kappa shape index (κ1) is 14.8. The molecule has 0 saturated carbocycles. The molecule has 112 valence electrons. The molecule has 1 aromatic heterocycles. The van der Waals surface area contributed by atoms with E-state index >= 15 is 0 Å². The maximum atomic E-state index is 5.62. The fraction of sp³-hybridized carbons (Fsp3) is 0.400. The first-order valence-corrected chi connectivity index (χ1v) is 8.71. The quantitative estimate of drug-likeness (QED) is 0.763. The Hall–Kier alpha value is -1.14. The van der Waals surface area contributed by atoms with Crippen LogP contribution in [0.1, 0.15) is 18.3 Å². The van der Waals surface area contributed by atoms with Crippen molar-refractivity contribution >= 4 is 27.7 Å². The third kappa shape index (κ3) is 3.06. The SMILES string of the molecule is CCn1nc(C)c(Br)c1CSc1ccc2c(c1)OCCO2. The van der Waals surface area contributed by atoms with Gasteiger partial charge < -0.3 is 9.47 Å². The van der Waals surface area contributed by atoms with Crippen LogP contribution in [0, 0.1) is 6.92 Å². The molecule has 0 saturated heterocycles. The van der Waals surface area contributed by atoms with Gasteiger partial charge in [-0.3, -0.25) is 4.68 Å². The summed E-state index contributed by atoms with van der Waals surface area (Å²) in [7, 11) is 0. The standard InChI is InChI=1S/C15H17BrN2O2S/c1-3-18-12(15(16)10(2)17-18)9-21-11-4-5-13-14(8-11)20-7-6-19-13/h4-5,8H,3,6-7,9H2,1-2H3. The fourth-order valence-corrected chi connectivity index (χ4v) is 3.83. The van der Waals surface area contributed by atoms with Gasteiger partial charge in [0.2, 0.25) is 0 Å². The maximum Gasteiger partial charge on any atom is 0.162 e. The van der Waals surface area contributed by atoms with Crippen molar-refractivity contribution in [3.63, 3.8) is 0 Å². The lowest BCUT2D eigenvalue weighted by molar-refractivity contribution is 0.171. The van der Waals surface area contributed by atoms with Crippen molar-refractivity contribution in [2.75, 3.05) is 13.2 Å². The molecule has 0 N–H and O–H groups in total. The molecule has 0 aliphatic carbocycles. The van der Waals surface area contributed by atoms with E-state index in [1.807, 2.05) is 23.7 Å². The minimum absolute atomic E-state index is 0.620.